The molecule has 2 rings (SSSR count). The van der Waals surface area contributed by atoms with E-state index in [-0.39, 0.29) is 5.75 Å². The molecule has 0 fully saturated rings. The summed E-state index contributed by atoms with van der Waals surface area (Å²) in [6.07, 6.45) is -3.14. The number of benzene rings is 1. The van der Waals surface area contributed by atoms with E-state index in [0.29, 0.717) is 9.39 Å². The van der Waals surface area contributed by atoms with Gasteiger partial charge in [0, 0.05) is 0 Å². The van der Waals surface area contributed by atoms with Crippen molar-refractivity contribution in [2.75, 3.05) is 0 Å². The molecule has 0 amide bonds. The Labute approximate surface area is 108 Å². The molecule has 0 spiro atoms. The Morgan fingerprint density at radius 1 is 1.18 bits per heavy atom. The third-order valence-corrected chi connectivity index (χ3v) is 2.26. The highest BCUT2D eigenvalue weighted by Gasteiger charge is 2.30. The second kappa shape index (κ2) is 4.51. The maximum Gasteiger partial charge on any atom is 0.573 e. The summed E-state index contributed by atoms with van der Waals surface area (Å²) in [7, 11) is 0. The van der Waals surface area contributed by atoms with Crippen LogP contribution in [0.2, 0.25) is 0 Å². The average Bonchev–Trinajstić information content (AvgIpc) is 2.63. The Bertz CT molecular complexity index is 509. The molecule has 90 valence electrons. The first-order chi connectivity index (χ1) is 7.94. The summed E-state index contributed by atoms with van der Waals surface area (Å²) >= 11 is 1.98. The number of halogens is 4. The summed E-state index contributed by atoms with van der Waals surface area (Å²) < 4.78 is 40.2. The number of nitrogens with zero attached hydrogens (tertiary/aromatic N) is 3. The predicted molar refractivity (Wildman–Crippen MR) is 60.8 cm³/mol. The van der Waals surface area contributed by atoms with Crippen molar-refractivity contribution in [1.82, 2.24) is 15.0 Å². The van der Waals surface area contributed by atoms with Crippen molar-refractivity contribution in [2.45, 2.75) is 6.36 Å². The molecule has 8 heteroatoms. The van der Waals surface area contributed by atoms with Gasteiger partial charge < -0.3 is 4.74 Å². The van der Waals surface area contributed by atoms with Gasteiger partial charge in [0.15, 0.2) is 0 Å². The van der Waals surface area contributed by atoms with Crippen LogP contribution < -0.4 is 4.74 Å². The lowest BCUT2D eigenvalue weighted by atomic mass is 10.3. The Kier molecular flexibility index (Phi) is 3.22. The van der Waals surface area contributed by atoms with Crippen LogP contribution in [0.5, 0.6) is 5.75 Å². The van der Waals surface area contributed by atoms with E-state index >= 15 is 0 Å². The molecule has 4 nitrogen and oxygen atoms in total. The van der Waals surface area contributed by atoms with Crippen LogP contribution in [0.1, 0.15) is 0 Å². The van der Waals surface area contributed by atoms with Crippen molar-refractivity contribution in [2.24, 2.45) is 0 Å². The highest BCUT2D eigenvalue weighted by molar-refractivity contribution is 14.1. The van der Waals surface area contributed by atoms with Crippen LogP contribution in [0.3, 0.4) is 0 Å². The molecule has 0 unspecified atom stereocenters. The number of alkyl halides is 3. The minimum Gasteiger partial charge on any atom is -0.406 e. The molecule has 0 aliphatic carbocycles. The molecule has 1 aromatic carbocycles. The smallest absolute Gasteiger partial charge is 0.406 e. The van der Waals surface area contributed by atoms with Crippen molar-refractivity contribution in [3.63, 3.8) is 0 Å². The number of rotatable bonds is 2. The monoisotopic (exact) mass is 355 g/mol. The van der Waals surface area contributed by atoms with Crippen LogP contribution >= 0.6 is 22.6 Å². The summed E-state index contributed by atoms with van der Waals surface area (Å²) in [5.74, 6) is -0.275. The molecule has 0 aliphatic heterocycles. The van der Waals surface area contributed by atoms with E-state index in [4.69, 9.17) is 0 Å². The number of hydrogen-bond donors (Lipinski definition) is 0. The SMILES string of the molecule is FC(F)(F)Oc1ccc(-n2ncc(I)n2)cc1. The lowest BCUT2D eigenvalue weighted by Crippen LogP contribution is -2.17. The molecule has 2 aromatic rings. The minimum atomic E-state index is -4.68. The second-order valence-electron chi connectivity index (χ2n) is 3.00. The van der Waals surface area contributed by atoms with Crippen LogP contribution in [0, 0.1) is 3.70 Å². The molecular weight excluding hydrogens is 350 g/mol. The highest BCUT2D eigenvalue weighted by atomic mass is 127. The molecule has 0 aliphatic rings. The maximum atomic E-state index is 11.9. The molecule has 0 bridgehead atoms. The predicted octanol–water partition coefficient (Wildman–Crippen LogP) is 2.77. The lowest BCUT2D eigenvalue weighted by molar-refractivity contribution is -0.274. The summed E-state index contributed by atoms with van der Waals surface area (Å²) in [4.78, 5) is 1.32. The van der Waals surface area contributed by atoms with Gasteiger partial charge >= 0.3 is 6.36 Å². The summed E-state index contributed by atoms with van der Waals surface area (Å²) in [6.45, 7) is 0. The zero-order chi connectivity index (χ0) is 12.5. The van der Waals surface area contributed by atoms with E-state index in [1.807, 2.05) is 22.6 Å². The van der Waals surface area contributed by atoms with E-state index in [2.05, 4.69) is 14.9 Å². The normalized spacial score (nSPS) is 11.5. The van der Waals surface area contributed by atoms with Gasteiger partial charge in [-0.05, 0) is 46.9 Å². The van der Waals surface area contributed by atoms with Gasteiger partial charge in [-0.1, -0.05) is 0 Å². The Balaban J connectivity index is 2.19. The number of ether oxygens (including phenoxy) is 1. The Morgan fingerprint density at radius 2 is 1.82 bits per heavy atom. The molecule has 1 aromatic heterocycles. The van der Waals surface area contributed by atoms with E-state index in [1.165, 1.54) is 29.1 Å². The lowest BCUT2D eigenvalue weighted by Gasteiger charge is -2.08. The average molecular weight is 355 g/mol. The van der Waals surface area contributed by atoms with E-state index in [1.54, 1.807) is 6.20 Å². The third-order valence-electron chi connectivity index (χ3n) is 1.77. The summed E-state index contributed by atoms with van der Waals surface area (Å²) in [6, 6.07) is 5.30. The van der Waals surface area contributed by atoms with Crippen molar-refractivity contribution in [3.8, 4) is 11.4 Å². The topological polar surface area (TPSA) is 39.9 Å². The van der Waals surface area contributed by atoms with Crippen LogP contribution in [0.4, 0.5) is 13.2 Å². The summed E-state index contributed by atoms with van der Waals surface area (Å²) in [5.41, 5.74) is 0.558. The summed E-state index contributed by atoms with van der Waals surface area (Å²) in [5, 5.41) is 7.94. The molecular formula is C9H5F3IN3O. The van der Waals surface area contributed by atoms with Crippen LogP contribution in [0.25, 0.3) is 5.69 Å². The van der Waals surface area contributed by atoms with Crippen LogP contribution in [-0.2, 0) is 0 Å². The quantitative estimate of drug-likeness (QED) is 0.778. The maximum absolute atomic E-state index is 11.9. The highest BCUT2D eigenvalue weighted by Crippen LogP contribution is 2.23. The fourth-order valence-electron chi connectivity index (χ4n) is 1.15. The van der Waals surface area contributed by atoms with E-state index in [9.17, 15) is 13.2 Å². The molecule has 0 atom stereocenters. The molecule has 0 radical (unpaired) electrons. The Morgan fingerprint density at radius 3 is 2.29 bits per heavy atom. The van der Waals surface area contributed by atoms with Crippen molar-refractivity contribution < 1.29 is 17.9 Å². The van der Waals surface area contributed by atoms with Gasteiger partial charge in [0.1, 0.15) is 9.45 Å². The second-order valence-corrected chi connectivity index (χ2v) is 4.10. The zero-order valence-corrected chi connectivity index (χ0v) is 10.3. The van der Waals surface area contributed by atoms with Crippen LogP contribution in [0.15, 0.2) is 30.5 Å². The largest absolute Gasteiger partial charge is 0.573 e. The van der Waals surface area contributed by atoms with Crippen molar-refractivity contribution in [1.29, 1.82) is 0 Å². The van der Waals surface area contributed by atoms with Crippen molar-refractivity contribution >= 4 is 22.6 Å². The molecule has 17 heavy (non-hydrogen) atoms. The van der Waals surface area contributed by atoms with Crippen LogP contribution in [-0.4, -0.2) is 21.4 Å². The number of hydrogen-bond acceptors (Lipinski definition) is 3. The van der Waals surface area contributed by atoms with Gasteiger partial charge in [-0.25, -0.2) is 0 Å². The first-order valence-corrected chi connectivity index (χ1v) is 5.46. The van der Waals surface area contributed by atoms with Gasteiger partial charge in [0.2, 0.25) is 0 Å². The number of aromatic nitrogens is 3. The zero-order valence-electron chi connectivity index (χ0n) is 8.15. The van der Waals surface area contributed by atoms with Crippen molar-refractivity contribution in [3.05, 3.63) is 34.2 Å². The fourth-order valence-corrected chi connectivity index (χ4v) is 1.48. The first-order valence-electron chi connectivity index (χ1n) is 4.38. The molecule has 1 heterocycles. The standard InChI is InChI=1S/C9H5F3IN3O/c10-9(11,12)17-7-3-1-6(2-4-7)16-14-5-8(13)15-16/h1-5H. The van der Waals surface area contributed by atoms with E-state index < -0.39 is 6.36 Å². The molecule has 0 saturated heterocycles. The Hall–Kier alpha value is -1.32. The molecule has 0 saturated carbocycles. The van der Waals surface area contributed by atoms with Gasteiger partial charge in [-0.15, -0.1) is 18.3 Å². The van der Waals surface area contributed by atoms with Gasteiger partial charge in [0.05, 0.1) is 11.9 Å². The van der Waals surface area contributed by atoms with Gasteiger partial charge in [-0.3, -0.25) is 0 Å². The third kappa shape index (κ3) is 3.32. The minimum absolute atomic E-state index is 0.275. The van der Waals surface area contributed by atoms with Gasteiger partial charge in [0.25, 0.3) is 0 Å². The first kappa shape index (κ1) is 12.1. The van der Waals surface area contributed by atoms with Gasteiger partial charge in [-0.2, -0.15) is 9.90 Å². The van der Waals surface area contributed by atoms with E-state index in [0.717, 1.165) is 0 Å². The fraction of sp³-hybridized carbons (Fsp3) is 0.111. The molecule has 0 N–H and O–H groups in total.